The molecule has 7 N–H and O–H groups in total. The predicted octanol–water partition coefficient (Wildman–Crippen LogP) is 1.48. The largest absolute Gasteiger partial charge is 0.507 e. The Morgan fingerprint density at radius 2 is 1.82 bits per heavy atom. The number of benzene rings is 2. The molecule has 4 aliphatic rings. The van der Waals surface area contributed by atoms with Crippen LogP contribution in [0.15, 0.2) is 24.4 Å². The molecule has 6 atom stereocenters. The standard InChI is InChI=1S/C33H36N2O10/c1-14-10-18-23(19(37)11-14)28(41)25-24(26(18)39)16-7-9-34-32(35-12-20(38)15-4-2-3-5-15)22(16)17-6-8-33(45-30(17)25)31(43)29(42)27(40)21(13-36)44-33/h7,9-11,15,20-21,27,29,31,36-38,40,42-43H,2-6,8,12-13H2,1H3,(H,34,35)/t20-,21+,27+,29-,31+,33-/m0/s1. The van der Waals surface area contributed by atoms with Crippen LogP contribution in [-0.2, 0) is 11.2 Å². The maximum absolute atomic E-state index is 14.2. The van der Waals surface area contributed by atoms with E-state index in [2.05, 4.69) is 10.3 Å². The lowest BCUT2D eigenvalue weighted by atomic mass is 9.77. The summed E-state index contributed by atoms with van der Waals surface area (Å²) in [6, 6.07) is 4.57. The third-order valence-corrected chi connectivity index (χ3v) is 9.92. The van der Waals surface area contributed by atoms with E-state index < -0.39 is 54.5 Å². The number of nitrogens with zero attached hydrogens (tertiary/aromatic N) is 1. The number of pyridine rings is 1. The summed E-state index contributed by atoms with van der Waals surface area (Å²) in [4.78, 5) is 33.0. The van der Waals surface area contributed by atoms with Crippen molar-refractivity contribution in [3.05, 3.63) is 57.8 Å². The van der Waals surface area contributed by atoms with Crippen molar-refractivity contribution >= 4 is 28.2 Å². The Bertz CT molecular complexity index is 1720. The highest BCUT2D eigenvalue weighted by atomic mass is 16.7. The number of phenolic OH excluding ortho intramolecular Hbond substituents is 1. The number of rotatable bonds is 5. The fraction of sp³-hybridized carbons (Fsp3) is 0.485. The molecule has 2 aromatic carbocycles. The minimum Gasteiger partial charge on any atom is -0.507 e. The number of aryl methyl sites for hydroxylation is 2. The smallest absolute Gasteiger partial charge is 0.240 e. The fourth-order valence-corrected chi connectivity index (χ4v) is 7.60. The first kappa shape index (κ1) is 30.0. The number of hydrogen-bond acceptors (Lipinski definition) is 12. The van der Waals surface area contributed by atoms with Crippen LogP contribution >= 0.6 is 0 Å². The second kappa shape index (κ2) is 11.0. The molecule has 0 radical (unpaired) electrons. The Kier molecular flexibility index (Phi) is 7.34. The van der Waals surface area contributed by atoms with Gasteiger partial charge in [-0.25, -0.2) is 4.98 Å². The van der Waals surface area contributed by atoms with Crippen molar-refractivity contribution in [2.75, 3.05) is 18.5 Å². The Balaban J connectivity index is 1.43. The van der Waals surface area contributed by atoms with Crippen molar-refractivity contribution < 1.29 is 49.7 Å². The number of carbonyl (C=O) groups excluding carboxylic acids is 2. The van der Waals surface area contributed by atoms with Gasteiger partial charge < -0.3 is 45.4 Å². The normalized spacial score (nSPS) is 28.5. The Morgan fingerprint density at radius 1 is 1.07 bits per heavy atom. The summed E-state index contributed by atoms with van der Waals surface area (Å²) in [6.07, 6.45) is -1.45. The fourth-order valence-electron chi connectivity index (χ4n) is 7.60. The summed E-state index contributed by atoms with van der Waals surface area (Å²) in [6.45, 7) is 1.23. The lowest BCUT2D eigenvalue weighted by Gasteiger charge is -2.50. The van der Waals surface area contributed by atoms with Crippen LogP contribution in [0, 0.1) is 12.8 Å². The number of ether oxygens (including phenoxy) is 2. The maximum atomic E-state index is 14.2. The summed E-state index contributed by atoms with van der Waals surface area (Å²) in [7, 11) is 0. The highest BCUT2D eigenvalue weighted by Crippen LogP contribution is 2.51. The van der Waals surface area contributed by atoms with Crippen LogP contribution in [-0.4, -0.2) is 96.6 Å². The molecule has 2 fully saturated rings. The minimum atomic E-state index is -1.98. The average Bonchev–Trinajstić information content (AvgIpc) is 3.58. The highest BCUT2D eigenvalue weighted by Gasteiger charge is 2.57. The van der Waals surface area contributed by atoms with Gasteiger partial charge in [0.2, 0.25) is 11.6 Å². The van der Waals surface area contributed by atoms with E-state index in [9.17, 15) is 40.2 Å². The predicted molar refractivity (Wildman–Crippen MR) is 160 cm³/mol. The Labute approximate surface area is 258 Å². The Morgan fingerprint density at radius 3 is 2.56 bits per heavy atom. The SMILES string of the molecule is Cc1cc(O)c2c(c1)C(=O)c1c(c3c(c4c(NC[C@H](O)C5CCCC5)nccc14)CC[C@@]1(O3)O[C@H](CO)[C@@H](O)[C@H](O)[C@H]1O)C2=O. The van der Waals surface area contributed by atoms with Crippen molar-refractivity contribution in [3.8, 4) is 11.5 Å². The van der Waals surface area contributed by atoms with Crippen LogP contribution < -0.4 is 10.1 Å². The van der Waals surface area contributed by atoms with Crippen LogP contribution in [0.5, 0.6) is 11.5 Å². The van der Waals surface area contributed by atoms with Gasteiger partial charge in [0, 0.05) is 41.2 Å². The van der Waals surface area contributed by atoms with E-state index in [1.807, 2.05) is 0 Å². The molecule has 0 bridgehead atoms. The topological polar surface area (TPSA) is 199 Å². The number of nitrogens with one attached hydrogen (secondary N) is 1. The number of fused-ring (bicyclic) bond motifs is 7. The van der Waals surface area contributed by atoms with Gasteiger partial charge in [-0.2, -0.15) is 0 Å². The monoisotopic (exact) mass is 620 g/mol. The zero-order chi connectivity index (χ0) is 31.8. The van der Waals surface area contributed by atoms with E-state index >= 15 is 0 Å². The van der Waals surface area contributed by atoms with Gasteiger partial charge in [-0.1, -0.05) is 12.8 Å². The van der Waals surface area contributed by atoms with Crippen molar-refractivity contribution in [2.45, 2.75) is 81.8 Å². The molecular formula is C33H36N2O10. The third-order valence-electron chi connectivity index (χ3n) is 9.92. The second-order valence-corrected chi connectivity index (χ2v) is 12.7. The summed E-state index contributed by atoms with van der Waals surface area (Å²) in [5, 5.41) is 68.0. The first-order valence-electron chi connectivity index (χ1n) is 15.4. The molecule has 0 amide bonds. The molecule has 0 unspecified atom stereocenters. The number of carbonyl (C=O) groups is 2. The van der Waals surface area contributed by atoms with Crippen LogP contribution in [0.25, 0.3) is 10.8 Å². The van der Waals surface area contributed by atoms with Crippen LogP contribution in [0.2, 0.25) is 0 Å². The van der Waals surface area contributed by atoms with Crippen molar-refractivity contribution in [2.24, 2.45) is 5.92 Å². The van der Waals surface area contributed by atoms with E-state index in [4.69, 9.17) is 9.47 Å². The molecule has 1 saturated carbocycles. The Hall–Kier alpha value is -3.65. The average molecular weight is 621 g/mol. The van der Waals surface area contributed by atoms with Crippen molar-refractivity contribution in [3.63, 3.8) is 0 Å². The van der Waals surface area contributed by atoms with Gasteiger partial charge >= 0.3 is 0 Å². The molecule has 12 heteroatoms. The molecule has 2 aliphatic carbocycles. The number of aliphatic hydroxyl groups is 5. The van der Waals surface area contributed by atoms with Gasteiger partial charge in [0.05, 0.1) is 23.8 Å². The molecule has 2 aliphatic heterocycles. The summed E-state index contributed by atoms with van der Waals surface area (Å²) >= 11 is 0. The van der Waals surface area contributed by atoms with E-state index in [0.29, 0.717) is 27.7 Å². The van der Waals surface area contributed by atoms with Crippen molar-refractivity contribution in [1.82, 2.24) is 4.98 Å². The number of aromatic nitrogens is 1. The van der Waals surface area contributed by atoms with E-state index in [1.54, 1.807) is 19.1 Å². The van der Waals surface area contributed by atoms with Gasteiger partial charge in [0.1, 0.15) is 41.7 Å². The summed E-state index contributed by atoms with van der Waals surface area (Å²) in [5.41, 5.74) is 0.812. The number of anilines is 1. The molecule has 1 aromatic heterocycles. The highest BCUT2D eigenvalue weighted by molar-refractivity contribution is 6.34. The molecule has 1 saturated heterocycles. The number of aliphatic hydroxyl groups excluding tert-OH is 5. The first-order chi connectivity index (χ1) is 21.6. The molecule has 3 aromatic rings. The van der Waals surface area contributed by atoms with Crippen molar-refractivity contribution in [1.29, 1.82) is 0 Å². The zero-order valence-electron chi connectivity index (χ0n) is 24.7. The van der Waals surface area contributed by atoms with Crippen LogP contribution in [0.4, 0.5) is 5.82 Å². The maximum Gasteiger partial charge on any atom is 0.240 e. The lowest BCUT2D eigenvalue weighted by Crippen LogP contribution is -2.68. The molecule has 3 heterocycles. The first-order valence-corrected chi connectivity index (χ1v) is 15.4. The van der Waals surface area contributed by atoms with Crippen LogP contribution in [0.1, 0.15) is 75.1 Å². The van der Waals surface area contributed by atoms with Gasteiger partial charge in [0.15, 0.2) is 5.78 Å². The molecule has 7 rings (SSSR count). The number of aromatic hydroxyl groups is 1. The van der Waals surface area contributed by atoms with Crippen LogP contribution in [0.3, 0.4) is 0 Å². The van der Waals surface area contributed by atoms with E-state index in [-0.39, 0.29) is 59.1 Å². The molecule has 45 heavy (non-hydrogen) atoms. The number of phenols is 1. The van der Waals surface area contributed by atoms with Gasteiger partial charge in [-0.3, -0.25) is 9.59 Å². The van der Waals surface area contributed by atoms with Gasteiger partial charge in [0.25, 0.3) is 0 Å². The summed E-state index contributed by atoms with van der Waals surface area (Å²) in [5.74, 6) is -3.08. The summed E-state index contributed by atoms with van der Waals surface area (Å²) < 4.78 is 12.3. The van der Waals surface area contributed by atoms with E-state index in [1.165, 1.54) is 12.3 Å². The molecular weight excluding hydrogens is 584 g/mol. The minimum absolute atomic E-state index is 0.0229. The van der Waals surface area contributed by atoms with Gasteiger partial charge in [-0.15, -0.1) is 0 Å². The molecule has 238 valence electrons. The quantitative estimate of drug-likeness (QED) is 0.170. The zero-order valence-corrected chi connectivity index (χ0v) is 24.7. The third kappa shape index (κ3) is 4.54. The number of ketones is 2. The lowest BCUT2D eigenvalue weighted by molar-refractivity contribution is -0.342. The van der Waals surface area contributed by atoms with E-state index in [0.717, 1.165) is 25.7 Å². The number of hydrogen-bond donors (Lipinski definition) is 7. The van der Waals surface area contributed by atoms with Gasteiger partial charge in [-0.05, 0) is 61.3 Å². The molecule has 12 nitrogen and oxygen atoms in total. The molecule has 1 spiro atoms. The second-order valence-electron chi connectivity index (χ2n) is 12.7.